The fraction of sp³-hybridized carbons (Fsp3) is 0.950. The van der Waals surface area contributed by atoms with Crippen LogP contribution in [-0.4, -0.2) is 87.6 Å². The van der Waals surface area contributed by atoms with Gasteiger partial charge in [-0.15, -0.1) is 24.0 Å². The lowest BCUT2D eigenvalue weighted by Crippen LogP contribution is -2.55. The molecule has 0 aromatic carbocycles. The highest BCUT2D eigenvalue weighted by atomic mass is 127. The number of guanidine groups is 1. The lowest BCUT2D eigenvalue weighted by molar-refractivity contribution is 0.0670. The second kappa shape index (κ2) is 16.0. The molecule has 0 aromatic rings. The summed E-state index contributed by atoms with van der Waals surface area (Å²) in [7, 11) is 1.70. The molecule has 1 saturated carbocycles. The number of nitrogens with zero attached hydrogens (tertiary/aromatic N) is 2. The molecule has 0 unspecified atom stereocenters. The smallest absolute Gasteiger partial charge is 0.191 e. The normalized spacial score (nSPS) is 20.4. The van der Waals surface area contributed by atoms with E-state index in [-0.39, 0.29) is 29.5 Å². The third-order valence-corrected chi connectivity index (χ3v) is 6.47. The fourth-order valence-corrected chi connectivity index (χ4v) is 4.92. The van der Waals surface area contributed by atoms with E-state index in [1.807, 2.05) is 0 Å². The average Bonchev–Trinajstić information content (AvgIpc) is 2.72. The maximum atomic E-state index is 5.53. The van der Waals surface area contributed by atoms with Crippen LogP contribution in [0.2, 0.25) is 0 Å². The van der Waals surface area contributed by atoms with E-state index in [9.17, 15) is 0 Å². The van der Waals surface area contributed by atoms with Crippen LogP contribution in [0.1, 0.15) is 45.4 Å². The zero-order chi connectivity index (χ0) is 19.2. The minimum Gasteiger partial charge on any atom is -0.382 e. The molecule has 6 nitrogen and oxygen atoms in total. The van der Waals surface area contributed by atoms with Crippen LogP contribution in [-0.2, 0) is 9.47 Å². The van der Waals surface area contributed by atoms with Gasteiger partial charge in [0.1, 0.15) is 0 Å². The average molecular weight is 529 g/mol. The van der Waals surface area contributed by atoms with Crippen molar-refractivity contribution in [3.05, 3.63) is 0 Å². The summed E-state index contributed by atoms with van der Waals surface area (Å²) in [5.41, 5.74) is 0.283. The Morgan fingerprint density at radius 3 is 2.50 bits per heavy atom. The quantitative estimate of drug-likeness (QED) is 0.186. The molecule has 2 aliphatic rings. The second-order valence-corrected chi connectivity index (χ2v) is 8.69. The molecule has 2 N–H and O–H groups in total. The Morgan fingerprint density at radius 1 is 1.07 bits per heavy atom. The van der Waals surface area contributed by atoms with E-state index in [0.29, 0.717) is 13.2 Å². The summed E-state index contributed by atoms with van der Waals surface area (Å²) in [4.78, 5) is 7.77. The minimum absolute atomic E-state index is 0. The number of halogens is 1. The third kappa shape index (κ3) is 9.36. The Kier molecular flexibility index (Phi) is 15.0. The molecule has 1 aliphatic heterocycles. The standard InChI is InChI=1S/C20H40N4O2S.HI/c1-3-21-19(22-10-7-13-26-15-14-25-2)23-18-20(8-5-4-6-9-20)24-11-16-27-17-12-24;/h3-18H2,1-2H3,(H2,21,22,23);1H. The summed E-state index contributed by atoms with van der Waals surface area (Å²) in [5.74, 6) is 3.49. The van der Waals surface area contributed by atoms with E-state index in [0.717, 1.165) is 38.6 Å². The van der Waals surface area contributed by atoms with Gasteiger partial charge in [0.15, 0.2) is 5.96 Å². The molecule has 28 heavy (non-hydrogen) atoms. The molecule has 1 aliphatic carbocycles. The van der Waals surface area contributed by atoms with Crippen LogP contribution in [0.4, 0.5) is 0 Å². The van der Waals surface area contributed by atoms with Gasteiger partial charge in [0.2, 0.25) is 0 Å². The van der Waals surface area contributed by atoms with Crippen molar-refractivity contribution in [1.29, 1.82) is 0 Å². The largest absolute Gasteiger partial charge is 0.382 e. The van der Waals surface area contributed by atoms with E-state index in [1.165, 1.54) is 56.7 Å². The van der Waals surface area contributed by atoms with Gasteiger partial charge in [-0.3, -0.25) is 9.89 Å². The van der Waals surface area contributed by atoms with Crippen LogP contribution >= 0.6 is 35.7 Å². The molecule has 166 valence electrons. The van der Waals surface area contributed by atoms with Crippen molar-refractivity contribution in [3.63, 3.8) is 0 Å². The van der Waals surface area contributed by atoms with Gasteiger partial charge >= 0.3 is 0 Å². The van der Waals surface area contributed by atoms with Crippen molar-refractivity contribution >= 4 is 41.7 Å². The molecule has 0 spiro atoms. The summed E-state index contributed by atoms with van der Waals surface area (Å²) >= 11 is 2.09. The molecule has 1 saturated heterocycles. The van der Waals surface area contributed by atoms with Crippen molar-refractivity contribution in [1.82, 2.24) is 15.5 Å². The predicted octanol–water partition coefficient (Wildman–Crippen LogP) is 2.96. The predicted molar refractivity (Wildman–Crippen MR) is 131 cm³/mol. The van der Waals surface area contributed by atoms with Gasteiger partial charge in [-0.25, -0.2) is 0 Å². The van der Waals surface area contributed by atoms with Crippen LogP contribution in [0.5, 0.6) is 0 Å². The first-order valence-corrected chi connectivity index (χ1v) is 11.9. The highest BCUT2D eigenvalue weighted by Gasteiger charge is 2.38. The number of aliphatic imine (C=N–C) groups is 1. The molecule has 0 aromatic heterocycles. The number of hydrogen-bond donors (Lipinski definition) is 2. The Morgan fingerprint density at radius 2 is 1.82 bits per heavy atom. The van der Waals surface area contributed by atoms with E-state index in [4.69, 9.17) is 14.5 Å². The minimum atomic E-state index is 0. The highest BCUT2D eigenvalue weighted by molar-refractivity contribution is 14.0. The molecule has 2 rings (SSSR count). The number of thioether (sulfide) groups is 1. The third-order valence-electron chi connectivity index (χ3n) is 5.53. The van der Waals surface area contributed by atoms with Crippen LogP contribution in [0.15, 0.2) is 4.99 Å². The van der Waals surface area contributed by atoms with Crippen molar-refractivity contribution in [3.8, 4) is 0 Å². The number of rotatable bonds is 11. The van der Waals surface area contributed by atoms with Crippen molar-refractivity contribution in [2.24, 2.45) is 4.99 Å². The first-order chi connectivity index (χ1) is 13.3. The Balaban J connectivity index is 0.00000392. The maximum absolute atomic E-state index is 5.53. The molecular formula is C20H41IN4O2S. The summed E-state index contributed by atoms with van der Waals surface area (Å²) in [5, 5.41) is 6.89. The molecule has 0 amide bonds. The molecule has 2 fully saturated rings. The van der Waals surface area contributed by atoms with E-state index < -0.39 is 0 Å². The summed E-state index contributed by atoms with van der Waals surface area (Å²) in [6.07, 6.45) is 7.66. The fourth-order valence-electron chi connectivity index (χ4n) is 4.02. The lowest BCUT2D eigenvalue weighted by atomic mass is 9.80. The first-order valence-electron chi connectivity index (χ1n) is 10.7. The summed E-state index contributed by atoms with van der Waals surface area (Å²) in [6.45, 7) is 9.35. The summed E-state index contributed by atoms with van der Waals surface area (Å²) < 4.78 is 10.5. The van der Waals surface area contributed by atoms with Gasteiger partial charge in [0.25, 0.3) is 0 Å². The summed E-state index contributed by atoms with van der Waals surface area (Å²) in [6, 6.07) is 0. The SMILES string of the molecule is CCNC(=NCC1(N2CCSCC2)CCCCC1)NCCCOCCOC.I. The molecular weight excluding hydrogens is 487 g/mol. The number of nitrogens with one attached hydrogen (secondary N) is 2. The van der Waals surface area contributed by atoms with Crippen molar-refractivity contribution in [2.75, 3.05) is 71.2 Å². The highest BCUT2D eigenvalue weighted by Crippen LogP contribution is 2.35. The maximum Gasteiger partial charge on any atom is 0.191 e. The number of methoxy groups -OCH3 is 1. The Hall–Kier alpha value is 0.230. The Bertz CT molecular complexity index is 417. The molecule has 0 atom stereocenters. The van der Waals surface area contributed by atoms with Gasteiger partial charge < -0.3 is 20.1 Å². The molecule has 0 bridgehead atoms. The van der Waals surface area contributed by atoms with Gasteiger partial charge in [-0.2, -0.15) is 11.8 Å². The van der Waals surface area contributed by atoms with E-state index in [1.54, 1.807) is 7.11 Å². The van der Waals surface area contributed by atoms with Crippen LogP contribution in [0, 0.1) is 0 Å². The lowest BCUT2D eigenvalue weighted by Gasteiger charge is -2.47. The van der Waals surface area contributed by atoms with Gasteiger partial charge in [-0.05, 0) is 26.2 Å². The van der Waals surface area contributed by atoms with Gasteiger partial charge in [0, 0.05) is 56.9 Å². The number of ether oxygens (including phenoxy) is 2. The van der Waals surface area contributed by atoms with Gasteiger partial charge in [-0.1, -0.05) is 19.3 Å². The Labute approximate surface area is 193 Å². The number of hydrogen-bond acceptors (Lipinski definition) is 5. The van der Waals surface area contributed by atoms with Gasteiger partial charge in [0.05, 0.1) is 19.8 Å². The van der Waals surface area contributed by atoms with E-state index >= 15 is 0 Å². The molecule has 0 radical (unpaired) electrons. The van der Waals surface area contributed by atoms with Crippen molar-refractivity contribution in [2.45, 2.75) is 51.0 Å². The molecule has 1 heterocycles. The zero-order valence-electron chi connectivity index (χ0n) is 17.8. The van der Waals surface area contributed by atoms with Crippen molar-refractivity contribution < 1.29 is 9.47 Å². The first kappa shape index (κ1) is 26.3. The van der Waals surface area contributed by atoms with E-state index in [2.05, 4.69) is 34.2 Å². The van der Waals surface area contributed by atoms with Crippen LogP contribution in [0.3, 0.4) is 0 Å². The topological polar surface area (TPSA) is 58.1 Å². The van der Waals surface area contributed by atoms with Crippen LogP contribution in [0.25, 0.3) is 0 Å². The van der Waals surface area contributed by atoms with Crippen LogP contribution < -0.4 is 10.6 Å². The second-order valence-electron chi connectivity index (χ2n) is 7.47. The molecule has 8 heteroatoms. The zero-order valence-corrected chi connectivity index (χ0v) is 21.0. The monoisotopic (exact) mass is 528 g/mol.